The molecule has 0 radical (unpaired) electrons. The van der Waals surface area contributed by atoms with Gasteiger partial charge in [-0.05, 0) is 30.7 Å². The second-order valence-corrected chi connectivity index (χ2v) is 4.69. The molecule has 0 atom stereocenters. The van der Waals surface area contributed by atoms with Crippen LogP contribution in [0, 0.1) is 0 Å². The zero-order chi connectivity index (χ0) is 13.5. The number of rotatable bonds is 7. The van der Waals surface area contributed by atoms with Crippen LogP contribution >= 0.6 is 11.6 Å². The molecule has 1 aromatic heterocycles. The molecule has 0 amide bonds. The first-order valence-corrected chi connectivity index (χ1v) is 6.69. The third-order valence-electron chi connectivity index (χ3n) is 2.87. The Labute approximate surface area is 118 Å². The highest BCUT2D eigenvalue weighted by atomic mass is 35.5. The van der Waals surface area contributed by atoms with Crippen LogP contribution in [0.15, 0.2) is 30.6 Å². The molecule has 0 unspecified atom stereocenters. The molecule has 0 bridgehead atoms. The second kappa shape index (κ2) is 7.16. The fourth-order valence-electron chi connectivity index (χ4n) is 1.87. The number of hydrogen-bond donors (Lipinski definition) is 2. The summed E-state index contributed by atoms with van der Waals surface area (Å²) in [6.07, 6.45) is 5.64. The Kier molecular flexibility index (Phi) is 5.24. The molecule has 1 aromatic carbocycles. The van der Waals surface area contributed by atoms with Gasteiger partial charge in [0.25, 0.3) is 0 Å². The predicted molar refractivity (Wildman–Crippen MR) is 76.6 cm³/mol. The average Bonchev–Trinajstić information content (AvgIpc) is 2.92. The van der Waals surface area contributed by atoms with Gasteiger partial charge in [-0.2, -0.15) is 0 Å². The van der Waals surface area contributed by atoms with Crippen LogP contribution in [0.25, 0.3) is 0 Å². The first kappa shape index (κ1) is 13.9. The van der Waals surface area contributed by atoms with Gasteiger partial charge in [-0.3, -0.25) is 0 Å². The van der Waals surface area contributed by atoms with Crippen LogP contribution in [0.1, 0.15) is 17.8 Å². The first-order valence-electron chi connectivity index (χ1n) is 6.31. The fourth-order valence-corrected chi connectivity index (χ4v) is 2.15. The number of aromatic nitrogens is 2. The average molecular weight is 280 g/mol. The zero-order valence-electron chi connectivity index (χ0n) is 10.9. The highest BCUT2D eigenvalue weighted by molar-refractivity contribution is 6.32. The summed E-state index contributed by atoms with van der Waals surface area (Å²) in [6, 6.07) is 5.84. The molecular formula is C14H18ClN3O. The third-order valence-corrected chi connectivity index (χ3v) is 3.16. The summed E-state index contributed by atoms with van der Waals surface area (Å²) in [5, 5.41) is 4.04. The van der Waals surface area contributed by atoms with Crippen LogP contribution in [-0.4, -0.2) is 23.6 Å². The fraction of sp³-hybridized carbons (Fsp3) is 0.357. The van der Waals surface area contributed by atoms with Crippen molar-refractivity contribution in [2.24, 2.45) is 0 Å². The number of methoxy groups -OCH3 is 1. The Morgan fingerprint density at radius 3 is 3.00 bits per heavy atom. The summed E-state index contributed by atoms with van der Waals surface area (Å²) in [4.78, 5) is 7.28. The highest BCUT2D eigenvalue weighted by Crippen LogP contribution is 2.24. The van der Waals surface area contributed by atoms with Crippen molar-refractivity contribution in [1.82, 2.24) is 15.3 Å². The maximum absolute atomic E-state index is 6.07. The quantitative estimate of drug-likeness (QED) is 0.766. The number of aromatic amines is 1. The minimum atomic E-state index is 0.650. The zero-order valence-corrected chi connectivity index (χ0v) is 11.7. The molecule has 0 aliphatic rings. The minimum absolute atomic E-state index is 0.650. The van der Waals surface area contributed by atoms with Gasteiger partial charge < -0.3 is 15.0 Å². The molecule has 0 fully saturated rings. The van der Waals surface area contributed by atoms with E-state index in [1.54, 1.807) is 13.3 Å². The number of nitrogens with zero attached hydrogens (tertiary/aromatic N) is 1. The number of H-pyrrole nitrogens is 1. The van der Waals surface area contributed by atoms with E-state index in [9.17, 15) is 0 Å². The normalized spacial score (nSPS) is 10.6. The van der Waals surface area contributed by atoms with E-state index in [2.05, 4.69) is 15.3 Å². The number of imidazole rings is 1. The monoisotopic (exact) mass is 279 g/mol. The predicted octanol–water partition coefficient (Wildman–Crippen LogP) is 2.79. The molecular weight excluding hydrogens is 262 g/mol. The van der Waals surface area contributed by atoms with Gasteiger partial charge in [0, 0.05) is 25.4 Å². The largest absolute Gasteiger partial charge is 0.495 e. The third kappa shape index (κ3) is 4.26. The van der Waals surface area contributed by atoms with Crippen molar-refractivity contribution in [1.29, 1.82) is 0 Å². The molecule has 2 N–H and O–H groups in total. The SMILES string of the molecule is COc1ccc(CNCCCc2ncc[nH]2)cc1Cl. The first-order chi connectivity index (χ1) is 9.29. The Morgan fingerprint density at radius 2 is 2.32 bits per heavy atom. The summed E-state index contributed by atoms with van der Waals surface area (Å²) >= 11 is 6.07. The summed E-state index contributed by atoms with van der Waals surface area (Å²) in [5.41, 5.74) is 1.16. The van der Waals surface area contributed by atoms with E-state index in [0.29, 0.717) is 10.8 Å². The van der Waals surface area contributed by atoms with Crippen LogP contribution in [0.5, 0.6) is 5.75 Å². The van der Waals surface area contributed by atoms with Gasteiger partial charge in [0.15, 0.2) is 0 Å². The van der Waals surface area contributed by atoms with Crippen molar-refractivity contribution in [3.63, 3.8) is 0 Å². The van der Waals surface area contributed by atoms with Gasteiger partial charge in [0.05, 0.1) is 12.1 Å². The summed E-state index contributed by atoms with van der Waals surface area (Å²) in [7, 11) is 1.62. The van der Waals surface area contributed by atoms with Crippen LogP contribution in [0.4, 0.5) is 0 Å². The molecule has 5 heteroatoms. The van der Waals surface area contributed by atoms with E-state index in [1.165, 1.54) is 0 Å². The smallest absolute Gasteiger partial charge is 0.137 e. The van der Waals surface area contributed by atoms with Crippen LogP contribution in [-0.2, 0) is 13.0 Å². The standard InChI is InChI=1S/C14H18ClN3O/c1-19-13-5-4-11(9-12(13)15)10-16-6-2-3-14-17-7-8-18-14/h4-5,7-9,16H,2-3,6,10H2,1H3,(H,17,18). The topological polar surface area (TPSA) is 49.9 Å². The number of aryl methyl sites for hydroxylation is 1. The lowest BCUT2D eigenvalue weighted by molar-refractivity contribution is 0.415. The minimum Gasteiger partial charge on any atom is -0.495 e. The molecule has 4 nitrogen and oxygen atoms in total. The van der Waals surface area contributed by atoms with Crippen molar-refractivity contribution in [3.8, 4) is 5.75 Å². The van der Waals surface area contributed by atoms with Crippen LogP contribution in [0.2, 0.25) is 5.02 Å². The molecule has 102 valence electrons. The highest BCUT2D eigenvalue weighted by Gasteiger charge is 2.01. The van der Waals surface area contributed by atoms with Gasteiger partial charge in [-0.1, -0.05) is 17.7 Å². The van der Waals surface area contributed by atoms with Gasteiger partial charge in [0.2, 0.25) is 0 Å². The summed E-state index contributed by atoms with van der Waals surface area (Å²) in [6.45, 7) is 1.76. The van der Waals surface area contributed by atoms with Gasteiger partial charge in [-0.15, -0.1) is 0 Å². The van der Waals surface area contributed by atoms with E-state index in [1.807, 2.05) is 24.4 Å². The molecule has 1 heterocycles. The molecule has 2 rings (SSSR count). The van der Waals surface area contributed by atoms with Gasteiger partial charge in [0.1, 0.15) is 11.6 Å². The van der Waals surface area contributed by atoms with E-state index >= 15 is 0 Å². The Morgan fingerprint density at radius 1 is 1.42 bits per heavy atom. The van der Waals surface area contributed by atoms with Crippen molar-refractivity contribution < 1.29 is 4.74 Å². The Bertz CT molecular complexity index is 499. The number of ether oxygens (including phenoxy) is 1. The number of benzene rings is 1. The maximum atomic E-state index is 6.07. The Hall–Kier alpha value is -1.52. The van der Waals surface area contributed by atoms with Gasteiger partial charge >= 0.3 is 0 Å². The van der Waals surface area contributed by atoms with Crippen LogP contribution in [0.3, 0.4) is 0 Å². The van der Waals surface area contributed by atoms with Crippen molar-refractivity contribution in [2.75, 3.05) is 13.7 Å². The lowest BCUT2D eigenvalue weighted by Crippen LogP contribution is -2.15. The van der Waals surface area contributed by atoms with Crippen molar-refractivity contribution >= 4 is 11.6 Å². The van der Waals surface area contributed by atoms with Crippen molar-refractivity contribution in [3.05, 3.63) is 47.0 Å². The van der Waals surface area contributed by atoms with E-state index in [0.717, 1.165) is 37.3 Å². The number of hydrogen-bond acceptors (Lipinski definition) is 3. The lowest BCUT2D eigenvalue weighted by Gasteiger charge is -2.07. The number of halogens is 1. The molecule has 0 aliphatic carbocycles. The molecule has 0 saturated carbocycles. The molecule has 0 aliphatic heterocycles. The lowest BCUT2D eigenvalue weighted by atomic mass is 10.2. The summed E-state index contributed by atoms with van der Waals surface area (Å²) < 4.78 is 5.12. The van der Waals surface area contributed by atoms with Crippen molar-refractivity contribution in [2.45, 2.75) is 19.4 Å². The van der Waals surface area contributed by atoms with Crippen LogP contribution < -0.4 is 10.1 Å². The van der Waals surface area contributed by atoms with E-state index in [-0.39, 0.29) is 0 Å². The molecule has 0 spiro atoms. The molecule has 19 heavy (non-hydrogen) atoms. The van der Waals surface area contributed by atoms with E-state index < -0.39 is 0 Å². The summed E-state index contributed by atoms with van der Waals surface area (Å²) in [5.74, 6) is 1.75. The maximum Gasteiger partial charge on any atom is 0.137 e. The molecule has 0 saturated heterocycles. The Balaban J connectivity index is 1.69. The molecule has 2 aromatic rings. The van der Waals surface area contributed by atoms with Gasteiger partial charge in [-0.25, -0.2) is 4.98 Å². The second-order valence-electron chi connectivity index (χ2n) is 4.29. The van der Waals surface area contributed by atoms with E-state index in [4.69, 9.17) is 16.3 Å². The number of nitrogens with one attached hydrogen (secondary N) is 2.